The van der Waals surface area contributed by atoms with Gasteiger partial charge in [0.1, 0.15) is 5.65 Å². The molecule has 158 valence electrons. The molecule has 1 aliphatic heterocycles. The number of benzene rings is 2. The van der Waals surface area contributed by atoms with Crippen molar-refractivity contribution in [3.8, 4) is 22.4 Å². The first-order valence-corrected chi connectivity index (χ1v) is 10.9. The van der Waals surface area contributed by atoms with Gasteiger partial charge in [-0.25, -0.2) is 4.98 Å². The summed E-state index contributed by atoms with van der Waals surface area (Å²) in [4.78, 5) is 22.3. The van der Waals surface area contributed by atoms with E-state index in [0.717, 1.165) is 51.8 Å². The number of aromatic nitrogens is 4. The van der Waals surface area contributed by atoms with Crippen LogP contribution in [0.25, 0.3) is 44.3 Å². The smallest absolute Gasteiger partial charge is 0.249 e. The molecular weight excluding hydrogens is 422 g/mol. The Labute approximate surface area is 188 Å². The van der Waals surface area contributed by atoms with Gasteiger partial charge >= 0.3 is 0 Å². The molecule has 0 spiro atoms. The molecule has 2 N–H and O–H groups in total. The number of nitrogens with one attached hydrogen (secondary N) is 2. The second-order valence-electron chi connectivity index (χ2n) is 8.41. The van der Waals surface area contributed by atoms with Crippen LogP contribution >= 0.6 is 11.6 Å². The van der Waals surface area contributed by atoms with Crippen LogP contribution in [0.15, 0.2) is 65.6 Å². The zero-order valence-electron chi connectivity index (χ0n) is 17.4. The topological polar surface area (TPSA) is 77.7 Å². The number of hydrogen-bond acceptors (Lipinski definition) is 4. The molecule has 32 heavy (non-hydrogen) atoms. The van der Waals surface area contributed by atoms with E-state index in [4.69, 9.17) is 16.6 Å². The fourth-order valence-corrected chi connectivity index (χ4v) is 5.03. The summed E-state index contributed by atoms with van der Waals surface area (Å²) in [7, 11) is 2.12. The summed E-state index contributed by atoms with van der Waals surface area (Å²) >= 11 is 6.65. The molecule has 6 nitrogen and oxygen atoms in total. The average molecular weight is 442 g/mol. The second-order valence-corrected chi connectivity index (χ2v) is 8.82. The summed E-state index contributed by atoms with van der Waals surface area (Å²) in [6.07, 6.45) is 1.79. The van der Waals surface area contributed by atoms with Gasteiger partial charge in [0.15, 0.2) is 0 Å². The van der Waals surface area contributed by atoms with E-state index in [2.05, 4.69) is 33.2 Å². The third-order valence-corrected chi connectivity index (χ3v) is 6.53. The summed E-state index contributed by atoms with van der Waals surface area (Å²) < 4.78 is 0. The van der Waals surface area contributed by atoms with Crippen LogP contribution in [0, 0.1) is 0 Å². The highest BCUT2D eigenvalue weighted by atomic mass is 35.5. The van der Waals surface area contributed by atoms with Crippen molar-refractivity contribution in [3.05, 3.63) is 81.7 Å². The molecule has 0 amide bonds. The van der Waals surface area contributed by atoms with E-state index >= 15 is 0 Å². The van der Waals surface area contributed by atoms with E-state index in [-0.39, 0.29) is 5.56 Å². The largest absolute Gasteiger partial charge is 0.307 e. The first kappa shape index (κ1) is 19.2. The summed E-state index contributed by atoms with van der Waals surface area (Å²) in [6, 6.07) is 17.7. The molecule has 2 aromatic carbocycles. The third-order valence-electron chi connectivity index (χ3n) is 6.23. The highest BCUT2D eigenvalue weighted by molar-refractivity contribution is 6.35. The fourth-order valence-electron chi connectivity index (χ4n) is 4.76. The highest BCUT2D eigenvalue weighted by Crippen LogP contribution is 2.44. The van der Waals surface area contributed by atoms with Crippen molar-refractivity contribution in [3.63, 3.8) is 0 Å². The van der Waals surface area contributed by atoms with Crippen LogP contribution in [-0.4, -0.2) is 45.2 Å². The molecule has 3 aromatic heterocycles. The Morgan fingerprint density at radius 2 is 1.88 bits per heavy atom. The first-order valence-electron chi connectivity index (χ1n) is 10.5. The standard InChI is InChI=1S/C25H20ClN5O/c1-31-12-17(13-31)21-18-7-8-20(32)28-25(18)29-24(14-5-3-2-4-6-14)22(21)15-9-16-11-27-30-23(16)19(26)10-15/h2-11,17H,12-13H2,1H3,(H,27,30)(H,28,29,32). The number of rotatable bonds is 3. The summed E-state index contributed by atoms with van der Waals surface area (Å²) in [5.74, 6) is 0.327. The molecular formula is C25H20ClN5O. The number of likely N-dealkylation sites (N-methyl/N-ethyl adjacent to an activating group) is 1. The lowest BCUT2D eigenvalue weighted by molar-refractivity contribution is 0.191. The molecule has 4 heterocycles. The maximum atomic E-state index is 12.1. The van der Waals surface area contributed by atoms with E-state index in [1.54, 1.807) is 12.3 Å². The predicted octanol–water partition coefficient (Wildman–Crippen LogP) is 4.82. The number of halogens is 1. The van der Waals surface area contributed by atoms with E-state index in [0.29, 0.717) is 16.6 Å². The number of pyridine rings is 2. The minimum atomic E-state index is -0.156. The van der Waals surface area contributed by atoms with Crippen molar-refractivity contribution in [1.82, 2.24) is 25.1 Å². The molecule has 0 atom stereocenters. The predicted molar refractivity (Wildman–Crippen MR) is 128 cm³/mol. The number of hydrogen-bond donors (Lipinski definition) is 2. The molecule has 6 rings (SSSR count). The monoisotopic (exact) mass is 441 g/mol. The molecule has 7 heteroatoms. The van der Waals surface area contributed by atoms with E-state index in [9.17, 15) is 4.79 Å². The fraction of sp³-hybridized carbons (Fsp3) is 0.160. The van der Waals surface area contributed by atoms with Crippen LogP contribution in [-0.2, 0) is 0 Å². The molecule has 1 aliphatic rings. The van der Waals surface area contributed by atoms with Crippen LogP contribution in [0.2, 0.25) is 5.02 Å². The number of likely N-dealkylation sites (tertiary alicyclic amines) is 1. The number of fused-ring (bicyclic) bond motifs is 2. The Kier molecular flexibility index (Phi) is 4.38. The highest BCUT2D eigenvalue weighted by Gasteiger charge is 2.31. The number of aromatic amines is 2. The van der Waals surface area contributed by atoms with Gasteiger partial charge < -0.3 is 9.88 Å². The van der Waals surface area contributed by atoms with Crippen molar-refractivity contribution in [2.75, 3.05) is 20.1 Å². The molecule has 0 saturated carbocycles. The van der Waals surface area contributed by atoms with Gasteiger partial charge in [-0.3, -0.25) is 9.89 Å². The Bertz CT molecular complexity index is 1530. The van der Waals surface area contributed by atoms with Crippen LogP contribution in [0.1, 0.15) is 11.5 Å². The van der Waals surface area contributed by atoms with Gasteiger partial charge in [0.25, 0.3) is 0 Å². The van der Waals surface area contributed by atoms with Gasteiger partial charge in [0, 0.05) is 47.0 Å². The SMILES string of the molecule is CN1CC(c2c(-c3cc(Cl)c4[nH]ncc4c3)c(-c3ccccc3)nc3[nH]c(=O)ccc23)C1. The quantitative estimate of drug-likeness (QED) is 0.421. The Hall–Kier alpha value is -3.48. The normalized spacial score (nSPS) is 14.8. The lowest BCUT2D eigenvalue weighted by Crippen LogP contribution is -2.42. The van der Waals surface area contributed by atoms with Crippen molar-refractivity contribution in [2.45, 2.75) is 5.92 Å². The lowest BCUT2D eigenvalue weighted by atomic mass is 9.82. The molecule has 1 saturated heterocycles. The molecule has 0 unspecified atom stereocenters. The maximum Gasteiger partial charge on any atom is 0.249 e. The zero-order valence-corrected chi connectivity index (χ0v) is 18.1. The third kappa shape index (κ3) is 3.03. The van der Waals surface area contributed by atoms with Crippen molar-refractivity contribution in [2.24, 2.45) is 0 Å². The number of H-pyrrole nitrogens is 2. The summed E-state index contributed by atoms with van der Waals surface area (Å²) in [5.41, 5.74) is 6.35. The summed E-state index contributed by atoms with van der Waals surface area (Å²) in [5, 5.41) is 9.67. The van der Waals surface area contributed by atoms with Crippen LogP contribution < -0.4 is 5.56 Å². The molecule has 0 bridgehead atoms. The zero-order chi connectivity index (χ0) is 21.8. The summed E-state index contributed by atoms with van der Waals surface area (Å²) in [6.45, 7) is 1.89. The average Bonchev–Trinajstić information content (AvgIpc) is 3.25. The minimum absolute atomic E-state index is 0.156. The number of nitrogens with zero attached hydrogens (tertiary/aromatic N) is 3. The maximum absolute atomic E-state index is 12.1. The second kappa shape index (κ2) is 7.29. The Morgan fingerprint density at radius 1 is 1.06 bits per heavy atom. The molecule has 0 aliphatic carbocycles. The van der Waals surface area contributed by atoms with Crippen molar-refractivity contribution < 1.29 is 0 Å². The van der Waals surface area contributed by atoms with E-state index < -0.39 is 0 Å². The van der Waals surface area contributed by atoms with Gasteiger partial charge in [0.05, 0.1) is 22.4 Å². The molecule has 5 aromatic rings. The van der Waals surface area contributed by atoms with Gasteiger partial charge in [-0.2, -0.15) is 5.10 Å². The van der Waals surface area contributed by atoms with Crippen LogP contribution in [0.5, 0.6) is 0 Å². The lowest BCUT2D eigenvalue weighted by Gasteiger charge is -2.38. The van der Waals surface area contributed by atoms with Gasteiger partial charge in [-0.1, -0.05) is 41.9 Å². The van der Waals surface area contributed by atoms with Crippen molar-refractivity contribution >= 4 is 33.5 Å². The van der Waals surface area contributed by atoms with E-state index in [1.807, 2.05) is 42.5 Å². The van der Waals surface area contributed by atoms with Crippen LogP contribution in [0.4, 0.5) is 0 Å². The van der Waals surface area contributed by atoms with Crippen molar-refractivity contribution in [1.29, 1.82) is 0 Å². The first-order chi connectivity index (χ1) is 15.6. The van der Waals surface area contributed by atoms with E-state index in [1.165, 1.54) is 5.56 Å². The van der Waals surface area contributed by atoms with Gasteiger partial charge in [0.2, 0.25) is 5.56 Å². The minimum Gasteiger partial charge on any atom is -0.307 e. The van der Waals surface area contributed by atoms with Crippen LogP contribution in [0.3, 0.4) is 0 Å². The molecule has 1 fully saturated rings. The Morgan fingerprint density at radius 3 is 2.66 bits per heavy atom. The Balaban J connectivity index is 1.75. The molecule has 0 radical (unpaired) electrons. The van der Waals surface area contributed by atoms with Gasteiger partial charge in [-0.15, -0.1) is 0 Å². The van der Waals surface area contributed by atoms with Gasteiger partial charge in [-0.05, 0) is 36.4 Å².